The Morgan fingerprint density at radius 2 is 1.80 bits per heavy atom. The summed E-state index contributed by atoms with van der Waals surface area (Å²) in [5.74, 6) is -1.90. The molecule has 2 amide bonds. The smallest absolute Gasteiger partial charge is 0.308 e. The highest BCUT2D eigenvalue weighted by Crippen LogP contribution is 2.34. The van der Waals surface area contributed by atoms with Crippen LogP contribution in [0.2, 0.25) is 5.02 Å². The summed E-state index contributed by atoms with van der Waals surface area (Å²) in [6.07, 6.45) is 1.03. The van der Waals surface area contributed by atoms with Crippen LogP contribution >= 0.6 is 11.6 Å². The molecule has 25 heavy (non-hydrogen) atoms. The maximum atomic E-state index is 12.4. The fourth-order valence-corrected chi connectivity index (χ4v) is 3.20. The lowest BCUT2D eigenvalue weighted by atomic mass is 9.89. The van der Waals surface area contributed by atoms with E-state index in [-0.39, 0.29) is 30.7 Å². The summed E-state index contributed by atoms with van der Waals surface area (Å²) in [6, 6.07) is 7.08. The lowest BCUT2D eigenvalue weighted by Gasteiger charge is -2.17. The van der Waals surface area contributed by atoms with Crippen LogP contribution in [-0.2, 0) is 14.4 Å². The molecule has 136 valence electrons. The van der Waals surface area contributed by atoms with E-state index in [9.17, 15) is 19.5 Å². The summed E-state index contributed by atoms with van der Waals surface area (Å²) >= 11 is 5.89. The first-order chi connectivity index (χ1) is 11.8. The molecule has 0 spiro atoms. The molecule has 0 bridgehead atoms. The van der Waals surface area contributed by atoms with Crippen molar-refractivity contribution in [3.8, 4) is 0 Å². The minimum Gasteiger partial charge on any atom is -0.481 e. The second kappa shape index (κ2) is 8.34. The minimum atomic E-state index is -0.905. The van der Waals surface area contributed by atoms with E-state index < -0.39 is 11.9 Å². The highest BCUT2D eigenvalue weighted by atomic mass is 35.5. The minimum absolute atomic E-state index is 0.0170. The van der Waals surface area contributed by atoms with Gasteiger partial charge in [-0.1, -0.05) is 23.7 Å². The molecule has 1 aromatic carbocycles. The first-order valence-electron chi connectivity index (χ1n) is 8.25. The van der Waals surface area contributed by atoms with Gasteiger partial charge in [0.2, 0.25) is 11.8 Å². The van der Waals surface area contributed by atoms with Crippen LogP contribution in [0.1, 0.15) is 30.7 Å². The monoisotopic (exact) mass is 366 g/mol. The highest BCUT2D eigenvalue weighted by molar-refractivity contribution is 6.30. The molecule has 0 saturated carbocycles. The number of carbonyl (C=O) groups excluding carboxylic acids is 2. The number of hydrogen-bond donors (Lipinski definition) is 1. The molecule has 0 aromatic heterocycles. The summed E-state index contributed by atoms with van der Waals surface area (Å²) in [5.41, 5.74) is 0.870. The number of benzene rings is 1. The Morgan fingerprint density at radius 3 is 2.36 bits per heavy atom. The van der Waals surface area contributed by atoms with Gasteiger partial charge in [0, 0.05) is 51.0 Å². The van der Waals surface area contributed by atoms with Crippen LogP contribution in [0.4, 0.5) is 0 Å². The Hall–Kier alpha value is -2.08. The number of nitrogens with zero attached hydrogens (tertiary/aromatic N) is 2. The van der Waals surface area contributed by atoms with E-state index in [1.807, 2.05) is 12.1 Å². The number of halogens is 1. The molecule has 2 atom stereocenters. The molecule has 1 N–H and O–H groups in total. The van der Waals surface area contributed by atoms with E-state index in [1.54, 1.807) is 31.1 Å². The number of aliphatic carboxylic acids is 1. The van der Waals surface area contributed by atoms with E-state index >= 15 is 0 Å². The van der Waals surface area contributed by atoms with Crippen molar-refractivity contribution in [3.05, 3.63) is 34.9 Å². The van der Waals surface area contributed by atoms with Crippen molar-refractivity contribution in [1.29, 1.82) is 0 Å². The molecule has 1 aliphatic heterocycles. The molecule has 1 saturated heterocycles. The highest BCUT2D eigenvalue weighted by Gasteiger charge is 2.40. The number of rotatable bonds is 6. The topological polar surface area (TPSA) is 77.9 Å². The molecule has 0 unspecified atom stereocenters. The number of hydrogen-bond acceptors (Lipinski definition) is 3. The third-order valence-electron chi connectivity index (χ3n) is 4.57. The van der Waals surface area contributed by atoms with E-state index in [2.05, 4.69) is 0 Å². The van der Waals surface area contributed by atoms with Gasteiger partial charge in [0.05, 0.1) is 5.92 Å². The summed E-state index contributed by atoms with van der Waals surface area (Å²) < 4.78 is 0. The second-order valence-corrected chi connectivity index (χ2v) is 6.98. The van der Waals surface area contributed by atoms with Gasteiger partial charge in [0.1, 0.15) is 0 Å². The first-order valence-corrected chi connectivity index (χ1v) is 8.63. The summed E-state index contributed by atoms with van der Waals surface area (Å²) in [5, 5.41) is 10.1. The van der Waals surface area contributed by atoms with E-state index in [0.717, 1.165) is 5.56 Å². The van der Waals surface area contributed by atoms with Crippen molar-refractivity contribution in [3.63, 3.8) is 0 Å². The molecular formula is C18H23ClN2O4. The van der Waals surface area contributed by atoms with Gasteiger partial charge in [-0.3, -0.25) is 14.4 Å². The zero-order chi connectivity index (χ0) is 18.6. The zero-order valence-corrected chi connectivity index (χ0v) is 15.2. The Bertz CT molecular complexity index is 645. The fourth-order valence-electron chi connectivity index (χ4n) is 3.08. The number of carboxylic acid groups (broad SMARTS) is 1. The fraction of sp³-hybridized carbons (Fsp3) is 0.500. The zero-order valence-electron chi connectivity index (χ0n) is 14.4. The van der Waals surface area contributed by atoms with Crippen LogP contribution in [0.25, 0.3) is 0 Å². The standard InChI is InChI=1S/C18H23ClN2O4/c1-20(2)16(22)4-3-5-17(23)21-10-14(15(11-21)18(24)25)12-6-8-13(19)9-7-12/h6-9,14-15H,3-5,10-11H2,1-2H3,(H,24,25)/t14-,15+/m0/s1. The van der Waals surface area contributed by atoms with Crippen LogP contribution < -0.4 is 0 Å². The van der Waals surface area contributed by atoms with E-state index in [4.69, 9.17) is 11.6 Å². The van der Waals surface area contributed by atoms with Gasteiger partial charge in [-0.25, -0.2) is 0 Å². The van der Waals surface area contributed by atoms with Crippen LogP contribution in [-0.4, -0.2) is 59.9 Å². The molecule has 1 fully saturated rings. The summed E-state index contributed by atoms with van der Waals surface area (Å²) in [6.45, 7) is 0.572. The molecular weight excluding hydrogens is 344 g/mol. The predicted molar refractivity (Wildman–Crippen MR) is 94.4 cm³/mol. The lowest BCUT2D eigenvalue weighted by Crippen LogP contribution is -2.30. The Balaban J connectivity index is 1.99. The number of carboxylic acids is 1. The normalized spacial score (nSPS) is 19.7. The van der Waals surface area contributed by atoms with Crippen molar-refractivity contribution in [2.45, 2.75) is 25.2 Å². The average molecular weight is 367 g/mol. The van der Waals surface area contributed by atoms with E-state index in [0.29, 0.717) is 24.4 Å². The van der Waals surface area contributed by atoms with Gasteiger partial charge in [0.15, 0.2) is 0 Å². The summed E-state index contributed by atoms with van der Waals surface area (Å²) in [4.78, 5) is 38.6. The van der Waals surface area contributed by atoms with Gasteiger partial charge in [-0.05, 0) is 24.1 Å². The van der Waals surface area contributed by atoms with Gasteiger partial charge < -0.3 is 14.9 Å². The van der Waals surface area contributed by atoms with Crippen molar-refractivity contribution >= 4 is 29.4 Å². The Morgan fingerprint density at radius 1 is 1.16 bits per heavy atom. The second-order valence-electron chi connectivity index (χ2n) is 6.54. The third-order valence-corrected chi connectivity index (χ3v) is 4.82. The number of carbonyl (C=O) groups is 3. The first kappa shape index (κ1) is 19.2. The Labute approximate surface area is 152 Å². The average Bonchev–Trinajstić information content (AvgIpc) is 3.00. The summed E-state index contributed by atoms with van der Waals surface area (Å²) in [7, 11) is 3.36. The molecule has 0 radical (unpaired) electrons. The SMILES string of the molecule is CN(C)C(=O)CCCC(=O)N1C[C@@H](C(=O)O)[C@H](c2ccc(Cl)cc2)C1. The van der Waals surface area contributed by atoms with Gasteiger partial charge in [-0.15, -0.1) is 0 Å². The van der Waals surface area contributed by atoms with Crippen LogP contribution in [0, 0.1) is 5.92 Å². The largest absolute Gasteiger partial charge is 0.481 e. The van der Waals surface area contributed by atoms with Crippen LogP contribution in [0.5, 0.6) is 0 Å². The Kier molecular flexibility index (Phi) is 6.42. The molecule has 1 aliphatic rings. The molecule has 7 heteroatoms. The van der Waals surface area contributed by atoms with Gasteiger partial charge >= 0.3 is 5.97 Å². The lowest BCUT2D eigenvalue weighted by molar-refractivity contribution is -0.141. The number of likely N-dealkylation sites (tertiary alicyclic amines) is 1. The maximum absolute atomic E-state index is 12.4. The third kappa shape index (κ3) is 4.95. The van der Waals surface area contributed by atoms with Crippen molar-refractivity contribution in [2.24, 2.45) is 5.92 Å². The van der Waals surface area contributed by atoms with Gasteiger partial charge in [0.25, 0.3) is 0 Å². The van der Waals surface area contributed by atoms with Crippen molar-refractivity contribution in [1.82, 2.24) is 9.80 Å². The molecule has 1 aromatic rings. The van der Waals surface area contributed by atoms with Crippen molar-refractivity contribution < 1.29 is 19.5 Å². The quantitative estimate of drug-likeness (QED) is 0.837. The molecule has 0 aliphatic carbocycles. The predicted octanol–water partition coefficient (Wildman–Crippen LogP) is 2.23. The molecule has 1 heterocycles. The number of amides is 2. The maximum Gasteiger partial charge on any atom is 0.308 e. The van der Waals surface area contributed by atoms with Crippen molar-refractivity contribution in [2.75, 3.05) is 27.2 Å². The van der Waals surface area contributed by atoms with Gasteiger partial charge in [-0.2, -0.15) is 0 Å². The van der Waals surface area contributed by atoms with Crippen LogP contribution in [0.15, 0.2) is 24.3 Å². The molecule has 6 nitrogen and oxygen atoms in total. The molecule has 2 rings (SSSR count). The van der Waals surface area contributed by atoms with Crippen LogP contribution in [0.3, 0.4) is 0 Å². The van der Waals surface area contributed by atoms with E-state index in [1.165, 1.54) is 4.90 Å².